The van der Waals surface area contributed by atoms with E-state index in [-0.39, 0.29) is 11.4 Å². The summed E-state index contributed by atoms with van der Waals surface area (Å²) in [6.45, 7) is 8.27. The smallest absolute Gasteiger partial charge is 0.236 e. The quantitative estimate of drug-likeness (QED) is 0.900. The first-order chi connectivity index (χ1) is 9.90. The van der Waals surface area contributed by atoms with E-state index in [1.54, 1.807) is 4.90 Å². The van der Waals surface area contributed by atoms with Crippen LogP contribution in [0.1, 0.15) is 19.4 Å². The Morgan fingerprint density at radius 2 is 2.14 bits per heavy atom. The molecule has 1 aromatic carbocycles. The Labute approximate surface area is 135 Å². The van der Waals surface area contributed by atoms with Gasteiger partial charge in [-0.3, -0.25) is 9.69 Å². The van der Waals surface area contributed by atoms with Crippen molar-refractivity contribution in [3.8, 4) is 0 Å². The number of carbonyl (C=O) groups excluding carboxylic acids is 1. The molecule has 1 aliphatic rings. The molecule has 0 unspecified atom stereocenters. The second kappa shape index (κ2) is 6.90. The summed E-state index contributed by atoms with van der Waals surface area (Å²) in [6, 6.07) is 8.03. The number of halogens is 1. The minimum absolute atomic E-state index is 0.0298. The number of rotatable bonds is 4. The van der Waals surface area contributed by atoms with Crippen molar-refractivity contribution < 1.29 is 4.79 Å². The molecular weight excluding hydrogens is 330 g/mol. The SMILES string of the molecule is CN(Cc1ccccc1Br)C(=O)CN1CCNCC1(C)C. The van der Waals surface area contributed by atoms with Gasteiger partial charge in [0.2, 0.25) is 5.91 Å². The van der Waals surface area contributed by atoms with Gasteiger partial charge in [-0.15, -0.1) is 0 Å². The number of piperazine rings is 1. The molecule has 1 aliphatic heterocycles. The highest BCUT2D eigenvalue weighted by Crippen LogP contribution is 2.19. The highest BCUT2D eigenvalue weighted by Gasteiger charge is 2.31. The van der Waals surface area contributed by atoms with Crippen LogP contribution < -0.4 is 5.32 Å². The largest absolute Gasteiger partial charge is 0.340 e. The highest BCUT2D eigenvalue weighted by atomic mass is 79.9. The molecule has 0 saturated carbocycles. The van der Waals surface area contributed by atoms with Gasteiger partial charge in [-0.1, -0.05) is 34.1 Å². The number of hydrogen-bond donors (Lipinski definition) is 1. The van der Waals surface area contributed by atoms with Crippen LogP contribution in [0.25, 0.3) is 0 Å². The number of amides is 1. The van der Waals surface area contributed by atoms with Crippen molar-refractivity contribution >= 4 is 21.8 Å². The van der Waals surface area contributed by atoms with Gasteiger partial charge in [-0.25, -0.2) is 0 Å². The molecule has 21 heavy (non-hydrogen) atoms. The van der Waals surface area contributed by atoms with E-state index in [4.69, 9.17) is 0 Å². The first kappa shape index (κ1) is 16.5. The Morgan fingerprint density at radius 1 is 1.43 bits per heavy atom. The van der Waals surface area contributed by atoms with Gasteiger partial charge in [0, 0.05) is 43.2 Å². The first-order valence-corrected chi connectivity index (χ1v) is 8.12. The van der Waals surface area contributed by atoms with E-state index in [1.807, 2.05) is 31.3 Å². The van der Waals surface area contributed by atoms with Gasteiger partial charge in [0.15, 0.2) is 0 Å². The van der Waals surface area contributed by atoms with Crippen LogP contribution in [0.2, 0.25) is 0 Å². The van der Waals surface area contributed by atoms with E-state index in [9.17, 15) is 4.79 Å². The zero-order valence-corrected chi connectivity index (χ0v) is 14.6. The van der Waals surface area contributed by atoms with Crippen LogP contribution in [0.5, 0.6) is 0 Å². The van der Waals surface area contributed by atoms with E-state index >= 15 is 0 Å². The Balaban J connectivity index is 1.95. The van der Waals surface area contributed by atoms with Crippen molar-refractivity contribution in [1.82, 2.24) is 15.1 Å². The minimum atomic E-state index is 0.0298. The van der Waals surface area contributed by atoms with Crippen molar-refractivity contribution in [1.29, 1.82) is 0 Å². The topological polar surface area (TPSA) is 35.6 Å². The van der Waals surface area contributed by atoms with E-state index in [0.717, 1.165) is 29.7 Å². The standard InChI is InChI=1S/C16H24BrN3O/c1-16(2)12-18-8-9-20(16)11-15(21)19(3)10-13-6-4-5-7-14(13)17/h4-7,18H,8-12H2,1-3H3. The van der Waals surface area contributed by atoms with E-state index in [0.29, 0.717) is 13.1 Å². The van der Waals surface area contributed by atoms with Crippen molar-refractivity contribution in [2.45, 2.75) is 25.9 Å². The summed E-state index contributed by atoms with van der Waals surface area (Å²) in [4.78, 5) is 16.5. The fourth-order valence-electron chi connectivity index (χ4n) is 2.57. The lowest BCUT2D eigenvalue weighted by Gasteiger charge is -2.42. The van der Waals surface area contributed by atoms with Gasteiger partial charge >= 0.3 is 0 Å². The molecule has 1 heterocycles. The molecule has 0 aliphatic carbocycles. The maximum absolute atomic E-state index is 12.5. The van der Waals surface area contributed by atoms with Crippen molar-refractivity contribution in [3.05, 3.63) is 34.3 Å². The summed E-state index contributed by atoms with van der Waals surface area (Å²) in [6.07, 6.45) is 0. The van der Waals surface area contributed by atoms with Crippen LogP contribution in [0, 0.1) is 0 Å². The fourth-order valence-corrected chi connectivity index (χ4v) is 2.98. The second-order valence-electron chi connectivity index (χ2n) is 6.25. The average molecular weight is 354 g/mol. The molecule has 1 saturated heterocycles. The number of carbonyl (C=O) groups is 1. The lowest BCUT2D eigenvalue weighted by Crippen LogP contribution is -2.59. The van der Waals surface area contributed by atoms with Crippen molar-refractivity contribution in [2.24, 2.45) is 0 Å². The van der Waals surface area contributed by atoms with Gasteiger partial charge < -0.3 is 10.2 Å². The molecule has 1 aromatic rings. The third-order valence-corrected chi connectivity index (χ3v) is 4.86. The number of hydrogen-bond acceptors (Lipinski definition) is 3. The molecule has 1 amide bonds. The van der Waals surface area contributed by atoms with Crippen LogP contribution in [-0.2, 0) is 11.3 Å². The average Bonchev–Trinajstić information content (AvgIpc) is 2.43. The monoisotopic (exact) mass is 353 g/mol. The zero-order chi connectivity index (χ0) is 15.5. The van der Waals surface area contributed by atoms with Crippen molar-refractivity contribution in [3.63, 3.8) is 0 Å². The molecule has 116 valence electrons. The molecule has 4 nitrogen and oxygen atoms in total. The number of benzene rings is 1. The van der Waals surface area contributed by atoms with E-state index in [2.05, 4.69) is 40.0 Å². The Kier molecular flexibility index (Phi) is 5.41. The van der Waals surface area contributed by atoms with Gasteiger partial charge in [0.1, 0.15) is 0 Å². The van der Waals surface area contributed by atoms with Gasteiger partial charge in [0.05, 0.1) is 6.54 Å². The number of nitrogens with zero attached hydrogens (tertiary/aromatic N) is 2. The second-order valence-corrected chi connectivity index (χ2v) is 7.11. The van der Waals surface area contributed by atoms with E-state index < -0.39 is 0 Å². The molecule has 0 bridgehead atoms. The van der Waals surface area contributed by atoms with Crippen LogP contribution in [0.15, 0.2) is 28.7 Å². The Hall–Kier alpha value is -0.910. The van der Waals surface area contributed by atoms with E-state index in [1.165, 1.54) is 0 Å². The summed E-state index contributed by atoms with van der Waals surface area (Å²) in [5.41, 5.74) is 1.16. The minimum Gasteiger partial charge on any atom is -0.340 e. The van der Waals surface area contributed by atoms with Gasteiger partial charge in [-0.05, 0) is 25.5 Å². The normalized spacial score (nSPS) is 18.5. The summed E-state index contributed by atoms with van der Waals surface area (Å²) in [5, 5.41) is 3.38. The fraction of sp³-hybridized carbons (Fsp3) is 0.562. The van der Waals surface area contributed by atoms with Crippen LogP contribution in [0.3, 0.4) is 0 Å². The number of likely N-dealkylation sites (N-methyl/N-ethyl adjacent to an activating group) is 1. The molecule has 0 aromatic heterocycles. The first-order valence-electron chi connectivity index (χ1n) is 7.33. The van der Waals surface area contributed by atoms with Gasteiger partial charge in [-0.2, -0.15) is 0 Å². The summed E-state index contributed by atoms with van der Waals surface area (Å²) in [7, 11) is 1.87. The molecular formula is C16H24BrN3O. The molecule has 0 atom stereocenters. The Morgan fingerprint density at radius 3 is 2.81 bits per heavy atom. The highest BCUT2D eigenvalue weighted by molar-refractivity contribution is 9.10. The molecule has 0 spiro atoms. The zero-order valence-electron chi connectivity index (χ0n) is 13.0. The third kappa shape index (κ3) is 4.28. The van der Waals surface area contributed by atoms with Crippen molar-refractivity contribution in [2.75, 3.05) is 33.2 Å². The molecule has 1 N–H and O–H groups in total. The van der Waals surface area contributed by atoms with Crippen LogP contribution >= 0.6 is 15.9 Å². The molecule has 0 radical (unpaired) electrons. The van der Waals surface area contributed by atoms with Crippen LogP contribution in [0.4, 0.5) is 0 Å². The Bertz CT molecular complexity index is 504. The molecule has 1 fully saturated rings. The maximum atomic E-state index is 12.5. The lowest BCUT2D eigenvalue weighted by molar-refractivity contribution is -0.133. The maximum Gasteiger partial charge on any atom is 0.236 e. The molecule has 5 heteroatoms. The number of nitrogens with one attached hydrogen (secondary N) is 1. The van der Waals surface area contributed by atoms with Gasteiger partial charge in [0.25, 0.3) is 0 Å². The summed E-state index contributed by atoms with van der Waals surface area (Å²) in [5.74, 6) is 0.167. The predicted molar refractivity (Wildman–Crippen MR) is 89.1 cm³/mol. The van der Waals surface area contributed by atoms with Crippen LogP contribution in [-0.4, -0.2) is 54.5 Å². The third-order valence-electron chi connectivity index (χ3n) is 4.09. The lowest BCUT2D eigenvalue weighted by atomic mass is 10.0. The summed E-state index contributed by atoms with van der Waals surface area (Å²) >= 11 is 3.53. The summed E-state index contributed by atoms with van der Waals surface area (Å²) < 4.78 is 1.05. The molecule has 2 rings (SSSR count). The predicted octanol–water partition coefficient (Wildman–Crippen LogP) is 2.09.